The zero-order valence-corrected chi connectivity index (χ0v) is 15.8. The number of nitrogens with one attached hydrogen (secondary N) is 1. The standard InChI is InChI=1S/C22H31N3O/c1-2-21(25-11-9-23-10-12-25)20(17-19(1)24-13-15-26-16-14-24)18-3-5-22(6-4-18)7-8-22/h1-3,17,23H,4-16H2. The monoisotopic (exact) mass is 353 g/mol. The van der Waals surface area contributed by atoms with Crippen LogP contribution in [0.5, 0.6) is 0 Å². The Hall–Kier alpha value is -1.52. The van der Waals surface area contributed by atoms with E-state index >= 15 is 0 Å². The van der Waals surface area contributed by atoms with Crippen LogP contribution in [0.2, 0.25) is 0 Å². The van der Waals surface area contributed by atoms with Gasteiger partial charge in [0.1, 0.15) is 0 Å². The van der Waals surface area contributed by atoms with Gasteiger partial charge in [-0.25, -0.2) is 0 Å². The van der Waals surface area contributed by atoms with Crippen molar-refractivity contribution in [1.29, 1.82) is 0 Å². The maximum atomic E-state index is 5.55. The van der Waals surface area contributed by atoms with E-state index in [1.807, 2.05) is 0 Å². The van der Waals surface area contributed by atoms with E-state index in [1.165, 1.54) is 49.0 Å². The highest BCUT2D eigenvalue weighted by atomic mass is 16.5. The van der Waals surface area contributed by atoms with Crippen LogP contribution in [0.1, 0.15) is 37.7 Å². The van der Waals surface area contributed by atoms with Crippen LogP contribution in [0, 0.1) is 5.41 Å². The van der Waals surface area contributed by atoms with Crippen LogP contribution in [0.4, 0.5) is 11.4 Å². The summed E-state index contributed by atoms with van der Waals surface area (Å²) in [5.74, 6) is 0. The van der Waals surface area contributed by atoms with Gasteiger partial charge in [-0.2, -0.15) is 0 Å². The Morgan fingerprint density at radius 3 is 2.42 bits per heavy atom. The van der Waals surface area contributed by atoms with E-state index in [1.54, 1.807) is 5.57 Å². The minimum absolute atomic E-state index is 0.695. The number of allylic oxidation sites excluding steroid dienone is 2. The molecule has 1 aromatic carbocycles. The molecule has 0 amide bonds. The van der Waals surface area contributed by atoms with Crippen LogP contribution < -0.4 is 15.1 Å². The fourth-order valence-corrected chi connectivity index (χ4v) is 4.80. The highest BCUT2D eigenvalue weighted by molar-refractivity contribution is 5.80. The summed E-state index contributed by atoms with van der Waals surface area (Å²) in [7, 11) is 0. The van der Waals surface area contributed by atoms with Crippen molar-refractivity contribution in [3.63, 3.8) is 0 Å². The predicted molar refractivity (Wildman–Crippen MR) is 108 cm³/mol. The fraction of sp³-hybridized carbons (Fsp3) is 0.636. The molecule has 0 aromatic heterocycles. The number of piperazine rings is 1. The van der Waals surface area contributed by atoms with Gasteiger partial charge < -0.3 is 19.9 Å². The molecule has 4 aliphatic rings. The minimum Gasteiger partial charge on any atom is -0.378 e. The predicted octanol–water partition coefficient (Wildman–Crippen LogP) is 3.28. The second-order valence-corrected chi connectivity index (χ2v) is 8.47. The number of ether oxygens (including phenoxy) is 1. The van der Waals surface area contributed by atoms with Gasteiger partial charge in [0.05, 0.1) is 13.2 Å². The first-order valence-electron chi connectivity index (χ1n) is 10.4. The lowest BCUT2D eigenvalue weighted by molar-refractivity contribution is 0.122. The Kier molecular flexibility index (Phi) is 4.41. The van der Waals surface area contributed by atoms with E-state index in [0.717, 1.165) is 52.5 Å². The summed E-state index contributed by atoms with van der Waals surface area (Å²) < 4.78 is 5.55. The lowest BCUT2D eigenvalue weighted by Gasteiger charge is -2.34. The molecule has 0 atom stereocenters. The van der Waals surface area contributed by atoms with E-state index in [0.29, 0.717) is 5.41 Å². The van der Waals surface area contributed by atoms with Crippen molar-refractivity contribution >= 4 is 16.9 Å². The van der Waals surface area contributed by atoms with Gasteiger partial charge in [-0.3, -0.25) is 0 Å². The SMILES string of the molecule is C1=C(c2cc(N3CCOCC3)ccc2N2CCNCC2)CCC2(C1)CC2. The summed E-state index contributed by atoms with van der Waals surface area (Å²) in [6.07, 6.45) is 9.42. The van der Waals surface area contributed by atoms with Gasteiger partial charge >= 0.3 is 0 Å². The molecule has 2 aliphatic carbocycles. The Bertz CT molecular complexity index is 683. The molecule has 2 heterocycles. The van der Waals surface area contributed by atoms with Gasteiger partial charge in [0.15, 0.2) is 0 Å². The maximum absolute atomic E-state index is 5.55. The smallest absolute Gasteiger partial charge is 0.0642 e. The highest BCUT2D eigenvalue weighted by Crippen LogP contribution is 2.57. The third-order valence-corrected chi connectivity index (χ3v) is 6.82. The molecule has 26 heavy (non-hydrogen) atoms. The average Bonchev–Trinajstić information content (AvgIpc) is 3.48. The van der Waals surface area contributed by atoms with Crippen LogP contribution in [-0.4, -0.2) is 52.5 Å². The summed E-state index contributed by atoms with van der Waals surface area (Å²) >= 11 is 0. The highest BCUT2D eigenvalue weighted by Gasteiger charge is 2.42. The Morgan fingerprint density at radius 1 is 0.923 bits per heavy atom. The van der Waals surface area contributed by atoms with Gasteiger partial charge in [-0.15, -0.1) is 0 Å². The molecule has 1 aromatic rings. The van der Waals surface area contributed by atoms with Crippen molar-refractivity contribution in [3.05, 3.63) is 29.8 Å². The average molecular weight is 354 g/mol. The van der Waals surface area contributed by atoms with Crippen molar-refractivity contribution in [2.75, 3.05) is 62.3 Å². The van der Waals surface area contributed by atoms with Crippen LogP contribution in [-0.2, 0) is 4.74 Å². The third kappa shape index (κ3) is 3.25. The number of benzene rings is 1. The normalized spacial score (nSPS) is 25.3. The molecule has 0 radical (unpaired) electrons. The van der Waals surface area contributed by atoms with E-state index in [-0.39, 0.29) is 0 Å². The quantitative estimate of drug-likeness (QED) is 0.902. The van der Waals surface area contributed by atoms with Gasteiger partial charge in [-0.05, 0) is 61.3 Å². The molecule has 0 bridgehead atoms. The van der Waals surface area contributed by atoms with E-state index in [9.17, 15) is 0 Å². The molecule has 4 heteroatoms. The number of nitrogens with zero attached hydrogens (tertiary/aromatic N) is 2. The number of hydrogen-bond acceptors (Lipinski definition) is 4. The van der Waals surface area contributed by atoms with Crippen LogP contribution in [0.3, 0.4) is 0 Å². The Balaban J connectivity index is 1.48. The van der Waals surface area contributed by atoms with E-state index in [4.69, 9.17) is 4.74 Å². The number of anilines is 2. The summed E-state index contributed by atoms with van der Waals surface area (Å²) in [5, 5.41) is 3.49. The zero-order chi connectivity index (χ0) is 17.4. The zero-order valence-electron chi connectivity index (χ0n) is 15.8. The molecule has 0 unspecified atom stereocenters. The van der Waals surface area contributed by atoms with Gasteiger partial charge in [0, 0.05) is 56.2 Å². The molecule has 4 nitrogen and oxygen atoms in total. The van der Waals surface area contributed by atoms with Crippen LogP contribution in [0.15, 0.2) is 24.3 Å². The minimum atomic E-state index is 0.695. The topological polar surface area (TPSA) is 27.7 Å². The lowest BCUT2D eigenvalue weighted by Crippen LogP contribution is -2.44. The van der Waals surface area contributed by atoms with Crippen LogP contribution in [0.25, 0.3) is 5.57 Å². The van der Waals surface area contributed by atoms with Crippen molar-refractivity contribution in [2.24, 2.45) is 5.41 Å². The first-order valence-corrected chi connectivity index (χ1v) is 10.4. The van der Waals surface area contributed by atoms with E-state index < -0.39 is 0 Å². The largest absolute Gasteiger partial charge is 0.378 e. The number of rotatable bonds is 3. The van der Waals surface area contributed by atoms with Gasteiger partial charge in [0.2, 0.25) is 0 Å². The molecular formula is C22H31N3O. The second kappa shape index (κ2) is 6.90. The van der Waals surface area contributed by atoms with E-state index in [2.05, 4.69) is 39.4 Å². The molecule has 2 saturated heterocycles. The fourth-order valence-electron chi connectivity index (χ4n) is 4.80. The van der Waals surface area contributed by atoms with Crippen molar-refractivity contribution < 1.29 is 4.74 Å². The molecule has 1 saturated carbocycles. The molecule has 1 N–H and O–H groups in total. The summed E-state index contributed by atoms with van der Waals surface area (Å²) in [4.78, 5) is 5.07. The van der Waals surface area contributed by atoms with Gasteiger partial charge in [-0.1, -0.05) is 6.08 Å². The maximum Gasteiger partial charge on any atom is 0.0642 e. The first kappa shape index (κ1) is 16.6. The lowest BCUT2D eigenvalue weighted by atomic mass is 9.83. The number of hydrogen-bond donors (Lipinski definition) is 1. The third-order valence-electron chi connectivity index (χ3n) is 6.82. The van der Waals surface area contributed by atoms with Crippen molar-refractivity contribution in [3.8, 4) is 0 Å². The Morgan fingerprint density at radius 2 is 1.73 bits per heavy atom. The molecule has 140 valence electrons. The molecule has 2 aliphatic heterocycles. The van der Waals surface area contributed by atoms with Gasteiger partial charge in [0.25, 0.3) is 0 Å². The Labute approximate surface area is 157 Å². The summed E-state index contributed by atoms with van der Waals surface area (Å²) in [6.45, 7) is 8.12. The second-order valence-electron chi connectivity index (χ2n) is 8.47. The van der Waals surface area contributed by atoms with Crippen molar-refractivity contribution in [1.82, 2.24) is 5.32 Å². The molecule has 5 rings (SSSR count). The molecule has 3 fully saturated rings. The molecular weight excluding hydrogens is 322 g/mol. The summed E-state index contributed by atoms with van der Waals surface area (Å²) in [6, 6.07) is 7.19. The first-order chi connectivity index (χ1) is 12.8. The number of morpholine rings is 1. The molecule has 1 spiro atoms. The summed E-state index contributed by atoms with van der Waals surface area (Å²) in [5.41, 5.74) is 6.59. The van der Waals surface area contributed by atoms with Crippen molar-refractivity contribution in [2.45, 2.75) is 32.1 Å². The van der Waals surface area contributed by atoms with Crippen LogP contribution >= 0.6 is 0 Å².